The van der Waals surface area contributed by atoms with E-state index in [1.807, 2.05) is 30.5 Å². The monoisotopic (exact) mass is 199 g/mol. The Kier molecular flexibility index (Phi) is 3.10. The van der Waals surface area contributed by atoms with Crippen LogP contribution in [0.5, 0.6) is 0 Å². The van der Waals surface area contributed by atoms with Crippen molar-refractivity contribution in [1.82, 2.24) is 4.98 Å². The van der Waals surface area contributed by atoms with Crippen molar-refractivity contribution in [2.75, 3.05) is 6.61 Å². The summed E-state index contributed by atoms with van der Waals surface area (Å²) in [5.74, 6) is 0. The third-order valence-corrected chi connectivity index (χ3v) is 2.38. The predicted octanol–water partition coefficient (Wildman–Crippen LogP) is 2.28. The molecule has 76 valence electrons. The van der Waals surface area contributed by atoms with E-state index in [2.05, 4.69) is 17.1 Å². The lowest BCUT2D eigenvalue weighted by Crippen LogP contribution is -1.94. The second kappa shape index (κ2) is 4.71. The molecule has 2 heteroatoms. The molecule has 2 nitrogen and oxygen atoms in total. The molecule has 0 atom stereocenters. The van der Waals surface area contributed by atoms with Gasteiger partial charge in [0.25, 0.3) is 0 Å². The molecule has 1 aromatic heterocycles. The molecule has 1 aromatic carbocycles. The molecule has 1 N–H and O–H groups in total. The van der Waals surface area contributed by atoms with Gasteiger partial charge >= 0.3 is 0 Å². The fourth-order valence-corrected chi connectivity index (χ4v) is 1.64. The van der Waals surface area contributed by atoms with Gasteiger partial charge in [-0.15, -0.1) is 0 Å². The molecule has 0 saturated heterocycles. The molecule has 0 aliphatic carbocycles. The minimum Gasteiger partial charge on any atom is -0.396 e. The van der Waals surface area contributed by atoms with Crippen LogP contribution >= 0.6 is 0 Å². The van der Waals surface area contributed by atoms with Crippen LogP contribution in [-0.4, -0.2) is 16.7 Å². The SMILES string of the molecule is OCCc1ccncc1-c1ccccc1. The van der Waals surface area contributed by atoms with Crippen molar-refractivity contribution in [2.45, 2.75) is 6.42 Å². The smallest absolute Gasteiger partial charge is 0.0471 e. The van der Waals surface area contributed by atoms with E-state index in [0.717, 1.165) is 16.7 Å². The topological polar surface area (TPSA) is 33.1 Å². The van der Waals surface area contributed by atoms with Crippen LogP contribution in [0.2, 0.25) is 0 Å². The number of aromatic nitrogens is 1. The quantitative estimate of drug-likeness (QED) is 0.822. The number of nitrogens with zero attached hydrogens (tertiary/aromatic N) is 1. The van der Waals surface area contributed by atoms with Gasteiger partial charge < -0.3 is 5.11 Å². The number of rotatable bonds is 3. The Balaban J connectivity index is 2.43. The minimum atomic E-state index is 0.170. The molecular formula is C13H13NO. The second-order valence-corrected chi connectivity index (χ2v) is 3.37. The summed E-state index contributed by atoms with van der Waals surface area (Å²) in [5.41, 5.74) is 3.39. The number of hydrogen-bond acceptors (Lipinski definition) is 2. The van der Waals surface area contributed by atoms with Crippen LogP contribution in [0, 0.1) is 0 Å². The van der Waals surface area contributed by atoms with Crippen LogP contribution in [-0.2, 0) is 6.42 Å². The molecule has 0 aliphatic rings. The molecule has 0 saturated carbocycles. The third-order valence-electron chi connectivity index (χ3n) is 2.38. The van der Waals surface area contributed by atoms with Crippen LogP contribution in [0.1, 0.15) is 5.56 Å². The summed E-state index contributed by atoms with van der Waals surface area (Å²) in [6, 6.07) is 12.1. The summed E-state index contributed by atoms with van der Waals surface area (Å²) < 4.78 is 0. The summed E-state index contributed by atoms with van der Waals surface area (Å²) >= 11 is 0. The molecule has 0 radical (unpaired) electrons. The Morgan fingerprint density at radius 2 is 1.87 bits per heavy atom. The van der Waals surface area contributed by atoms with Crippen LogP contribution in [0.4, 0.5) is 0 Å². The summed E-state index contributed by atoms with van der Waals surface area (Å²) in [5, 5.41) is 8.97. The van der Waals surface area contributed by atoms with Gasteiger partial charge in [0.2, 0.25) is 0 Å². The van der Waals surface area contributed by atoms with Crippen molar-refractivity contribution in [3.8, 4) is 11.1 Å². The van der Waals surface area contributed by atoms with Gasteiger partial charge in [0.05, 0.1) is 0 Å². The van der Waals surface area contributed by atoms with Crippen LogP contribution < -0.4 is 0 Å². The minimum absolute atomic E-state index is 0.170. The largest absolute Gasteiger partial charge is 0.396 e. The number of hydrogen-bond donors (Lipinski definition) is 1. The van der Waals surface area contributed by atoms with Crippen LogP contribution in [0.25, 0.3) is 11.1 Å². The molecular weight excluding hydrogens is 186 g/mol. The molecule has 0 unspecified atom stereocenters. The first kappa shape index (κ1) is 9.87. The molecule has 2 aromatic rings. The Hall–Kier alpha value is -1.67. The lowest BCUT2D eigenvalue weighted by molar-refractivity contribution is 0.300. The van der Waals surface area contributed by atoms with Gasteiger partial charge in [-0.05, 0) is 23.6 Å². The fraction of sp³-hybridized carbons (Fsp3) is 0.154. The van der Waals surface area contributed by atoms with Crippen molar-refractivity contribution in [1.29, 1.82) is 0 Å². The first-order valence-electron chi connectivity index (χ1n) is 5.01. The normalized spacial score (nSPS) is 10.2. The Bertz CT molecular complexity index is 426. The van der Waals surface area contributed by atoms with E-state index < -0.39 is 0 Å². The van der Waals surface area contributed by atoms with Crippen molar-refractivity contribution < 1.29 is 5.11 Å². The van der Waals surface area contributed by atoms with E-state index in [1.54, 1.807) is 6.20 Å². The first-order valence-corrected chi connectivity index (χ1v) is 5.01. The maximum absolute atomic E-state index is 8.97. The molecule has 1 heterocycles. The molecule has 2 rings (SSSR count). The van der Waals surface area contributed by atoms with Crippen LogP contribution in [0.15, 0.2) is 48.8 Å². The Morgan fingerprint density at radius 1 is 1.07 bits per heavy atom. The van der Waals surface area contributed by atoms with Crippen LogP contribution in [0.3, 0.4) is 0 Å². The van der Waals surface area contributed by atoms with Gasteiger partial charge in [0.1, 0.15) is 0 Å². The lowest BCUT2D eigenvalue weighted by atomic mass is 10.0. The molecule has 0 bridgehead atoms. The van der Waals surface area contributed by atoms with E-state index in [0.29, 0.717) is 6.42 Å². The maximum atomic E-state index is 8.97. The van der Waals surface area contributed by atoms with Gasteiger partial charge in [-0.25, -0.2) is 0 Å². The number of aliphatic hydroxyl groups is 1. The average Bonchev–Trinajstić information content (AvgIpc) is 2.31. The molecule has 15 heavy (non-hydrogen) atoms. The second-order valence-electron chi connectivity index (χ2n) is 3.37. The van der Waals surface area contributed by atoms with E-state index in [-0.39, 0.29) is 6.61 Å². The van der Waals surface area contributed by atoms with Crippen molar-refractivity contribution in [3.63, 3.8) is 0 Å². The third kappa shape index (κ3) is 2.22. The zero-order valence-electron chi connectivity index (χ0n) is 8.43. The molecule has 0 aliphatic heterocycles. The standard InChI is InChI=1S/C13H13NO/c15-9-7-12-6-8-14-10-13(12)11-4-2-1-3-5-11/h1-6,8,10,15H,7,9H2. The van der Waals surface area contributed by atoms with E-state index in [1.165, 1.54) is 0 Å². The highest BCUT2D eigenvalue weighted by Crippen LogP contribution is 2.22. The zero-order chi connectivity index (χ0) is 10.5. The highest BCUT2D eigenvalue weighted by atomic mass is 16.2. The van der Waals surface area contributed by atoms with E-state index in [4.69, 9.17) is 5.11 Å². The molecule has 0 fully saturated rings. The highest BCUT2D eigenvalue weighted by molar-refractivity contribution is 5.66. The van der Waals surface area contributed by atoms with Gasteiger partial charge in [0, 0.05) is 24.6 Å². The van der Waals surface area contributed by atoms with Gasteiger partial charge in [0.15, 0.2) is 0 Å². The summed E-state index contributed by atoms with van der Waals surface area (Å²) in [4.78, 5) is 4.12. The van der Waals surface area contributed by atoms with Crippen molar-refractivity contribution >= 4 is 0 Å². The van der Waals surface area contributed by atoms with E-state index in [9.17, 15) is 0 Å². The maximum Gasteiger partial charge on any atom is 0.0471 e. The van der Waals surface area contributed by atoms with E-state index >= 15 is 0 Å². The lowest BCUT2D eigenvalue weighted by Gasteiger charge is -2.07. The van der Waals surface area contributed by atoms with Crippen molar-refractivity contribution in [3.05, 3.63) is 54.4 Å². The Morgan fingerprint density at radius 3 is 2.60 bits per heavy atom. The van der Waals surface area contributed by atoms with Crippen molar-refractivity contribution in [2.24, 2.45) is 0 Å². The Labute approximate surface area is 89.2 Å². The molecule has 0 amide bonds. The number of aliphatic hydroxyl groups excluding tert-OH is 1. The average molecular weight is 199 g/mol. The number of pyridine rings is 1. The first-order chi connectivity index (χ1) is 7.42. The summed E-state index contributed by atoms with van der Waals surface area (Å²) in [6.45, 7) is 0.170. The van der Waals surface area contributed by atoms with Gasteiger partial charge in [-0.2, -0.15) is 0 Å². The fourth-order valence-electron chi connectivity index (χ4n) is 1.64. The number of benzene rings is 1. The zero-order valence-corrected chi connectivity index (χ0v) is 8.43. The predicted molar refractivity (Wildman–Crippen MR) is 60.5 cm³/mol. The summed E-state index contributed by atoms with van der Waals surface area (Å²) in [7, 11) is 0. The van der Waals surface area contributed by atoms with Gasteiger partial charge in [-0.3, -0.25) is 4.98 Å². The van der Waals surface area contributed by atoms with Gasteiger partial charge in [-0.1, -0.05) is 30.3 Å². The highest BCUT2D eigenvalue weighted by Gasteiger charge is 2.03. The molecule has 0 spiro atoms. The summed E-state index contributed by atoms with van der Waals surface area (Å²) in [6.07, 6.45) is 4.28.